The van der Waals surface area contributed by atoms with Crippen LogP contribution in [0.25, 0.3) is 0 Å². The molecule has 0 spiro atoms. The van der Waals surface area contributed by atoms with E-state index in [0.717, 1.165) is 0 Å². The number of alkyl halides is 2. The van der Waals surface area contributed by atoms with Gasteiger partial charge in [0.25, 0.3) is 6.43 Å². The van der Waals surface area contributed by atoms with Crippen LogP contribution >= 0.6 is 11.6 Å². The Bertz CT molecular complexity index is 427. The molecule has 7 heteroatoms. The van der Waals surface area contributed by atoms with Gasteiger partial charge < -0.3 is 10.5 Å². The van der Waals surface area contributed by atoms with E-state index in [1.54, 1.807) is 0 Å². The van der Waals surface area contributed by atoms with Crippen LogP contribution in [0.3, 0.4) is 0 Å². The first-order chi connectivity index (χ1) is 7.99. The summed E-state index contributed by atoms with van der Waals surface area (Å²) in [5.41, 5.74) is 5.35. The molecule has 1 rings (SSSR count). The number of carbonyl (C=O) groups excluding carboxylic acids is 1. The highest BCUT2D eigenvalue weighted by atomic mass is 35.5. The first kappa shape index (κ1) is 13.8. The van der Waals surface area contributed by atoms with Crippen LogP contribution in [-0.4, -0.2) is 18.1 Å². The number of nitrogens with zero attached hydrogens (tertiary/aromatic N) is 1. The first-order valence-electron chi connectivity index (χ1n) is 4.72. The van der Waals surface area contributed by atoms with Crippen molar-refractivity contribution in [1.82, 2.24) is 4.98 Å². The van der Waals surface area contributed by atoms with Gasteiger partial charge >= 0.3 is 5.97 Å². The number of aromatic nitrogens is 1. The van der Waals surface area contributed by atoms with Gasteiger partial charge in [-0.05, 0) is 17.2 Å². The lowest BCUT2D eigenvalue weighted by molar-refractivity contribution is -0.139. The molecule has 1 aromatic heterocycles. The molecule has 4 nitrogen and oxygen atoms in total. The zero-order valence-electron chi connectivity index (χ0n) is 9.04. The second kappa shape index (κ2) is 5.88. The third-order valence-corrected chi connectivity index (χ3v) is 2.38. The van der Waals surface area contributed by atoms with E-state index in [2.05, 4.69) is 9.72 Å². The minimum absolute atomic E-state index is 0.101. The molecule has 0 amide bonds. The van der Waals surface area contributed by atoms with Crippen molar-refractivity contribution in [2.24, 2.45) is 5.73 Å². The summed E-state index contributed by atoms with van der Waals surface area (Å²) >= 11 is 5.61. The van der Waals surface area contributed by atoms with E-state index in [4.69, 9.17) is 17.3 Å². The monoisotopic (exact) mass is 264 g/mol. The Hall–Kier alpha value is -1.27. The maximum absolute atomic E-state index is 12.7. The topological polar surface area (TPSA) is 65.2 Å². The van der Waals surface area contributed by atoms with Crippen molar-refractivity contribution in [2.45, 2.75) is 19.4 Å². The maximum atomic E-state index is 12.7. The van der Waals surface area contributed by atoms with Crippen molar-refractivity contribution in [2.75, 3.05) is 7.11 Å². The molecule has 0 aliphatic rings. The summed E-state index contributed by atoms with van der Waals surface area (Å²) in [5, 5.41) is -0.101. The smallest absolute Gasteiger partial charge is 0.309 e. The number of rotatable bonds is 4. The molecule has 0 radical (unpaired) electrons. The Kier molecular flexibility index (Phi) is 4.77. The van der Waals surface area contributed by atoms with Crippen LogP contribution in [0.5, 0.6) is 0 Å². The van der Waals surface area contributed by atoms with Crippen LogP contribution in [0.2, 0.25) is 5.15 Å². The lowest BCUT2D eigenvalue weighted by Crippen LogP contribution is -2.13. The summed E-state index contributed by atoms with van der Waals surface area (Å²) in [5.74, 6) is -0.554. The maximum Gasteiger partial charge on any atom is 0.309 e. The SMILES string of the molecule is COC(=O)Cc1cc(Cl)nc(C(F)F)c1CN. The molecule has 17 heavy (non-hydrogen) atoms. The summed E-state index contributed by atoms with van der Waals surface area (Å²) in [6, 6.07) is 1.34. The molecule has 0 saturated heterocycles. The number of hydrogen-bond acceptors (Lipinski definition) is 4. The average molecular weight is 265 g/mol. The molecule has 0 unspecified atom stereocenters. The van der Waals surface area contributed by atoms with E-state index < -0.39 is 18.1 Å². The third-order valence-electron chi connectivity index (χ3n) is 2.19. The second-order valence-corrected chi connectivity index (χ2v) is 3.61. The van der Waals surface area contributed by atoms with Crippen molar-refractivity contribution in [3.05, 3.63) is 28.0 Å². The van der Waals surface area contributed by atoms with Gasteiger partial charge in [0, 0.05) is 6.54 Å². The number of ether oxygens (including phenoxy) is 1. The predicted octanol–water partition coefficient (Wildman–Crippen LogP) is 1.85. The molecule has 2 N–H and O–H groups in total. The molecule has 0 aromatic carbocycles. The van der Waals surface area contributed by atoms with Crippen LogP contribution < -0.4 is 5.73 Å². The fourth-order valence-electron chi connectivity index (χ4n) is 1.41. The van der Waals surface area contributed by atoms with Crippen molar-refractivity contribution >= 4 is 17.6 Å². The molecule has 0 fully saturated rings. The Labute approximate surface area is 102 Å². The van der Waals surface area contributed by atoms with Crippen molar-refractivity contribution in [1.29, 1.82) is 0 Å². The highest BCUT2D eigenvalue weighted by molar-refractivity contribution is 6.29. The van der Waals surface area contributed by atoms with Crippen LogP contribution in [0.4, 0.5) is 8.78 Å². The van der Waals surface area contributed by atoms with E-state index in [-0.39, 0.29) is 23.7 Å². The van der Waals surface area contributed by atoms with Gasteiger partial charge in [-0.1, -0.05) is 11.6 Å². The van der Waals surface area contributed by atoms with Crippen LogP contribution in [0.15, 0.2) is 6.07 Å². The van der Waals surface area contributed by atoms with Gasteiger partial charge in [0.1, 0.15) is 10.8 Å². The van der Waals surface area contributed by atoms with Gasteiger partial charge in [0.2, 0.25) is 0 Å². The molecule has 0 aliphatic carbocycles. The second-order valence-electron chi connectivity index (χ2n) is 3.23. The Morgan fingerprint density at radius 1 is 1.65 bits per heavy atom. The molecule has 94 valence electrons. The number of pyridine rings is 1. The zero-order valence-corrected chi connectivity index (χ0v) is 9.80. The number of methoxy groups -OCH3 is 1. The Morgan fingerprint density at radius 3 is 2.76 bits per heavy atom. The summed E-state index contributed by atoms with van der Waals surface area (Å²) in [6.45, 7) is -0.143. The molecular formula is C10H11ClF2N2O2. The highest BCUT2D eigenvalue weighted by Crippen LogP contribution is 2.26. The fourth-order valence-corrected chi connectivity index (χ4v) is 1.63. The number of carbonyl (C=O) groups is 1. The van der Waals surface area contributed by atoms with E-state index in [1.165, 1.54) is 13.2 Å². The third kappa shape index (κ3) is 3.34. The van der Waals surface area contributed by atoms with Gasteiger partial charge in [-0.15, -0.1) is 0 Å². The molecular weight excluding hydrogens is 254 g/mol. The fraction of sp³-hybridized carbons (Fsp3) is 0.400. The van der Waals surface area contributed by atoms with Gasteiger partial charge in [0.15, 0.2) is 0 Å². The Balaban J connectivity index is 3.23. The molecule has 0 aliphatic heterocycles. The quantitative estimate of drug-likeness (QED) is 0.666. The lowest BCUT2D eigenvalue weighted by atomic mass is 10.0. The number of esters is 1. The minimum atomic E-state index is -2.79. The van der Waals surface area contributed by atoms with Crippen molar-refractivity contribution in [3.63, 3.8) is 0 Å². The minimum Gasteiger partial charge on any atom is -0.469 e. The molecule has 0 atom stereocenters. The number of hydrogen-bond donors (Lipinski definition) is 1. The van der Waals surface area contributed by atoms with Gasteiger partial charge in [0.05, 0.1) is 13.5 Å². The Morgan fingerprint density at radius 2 is 2.29 bits per heavy atom. The van der Waals surface area contributed by atoms with E-state index in [9.17, 15) is 13.6 Å². The molecule has 1 heterocycles. The lowest BCUT2D eigenvalue weighted by Gasteiger charge is -2.12. The summed E-state index contributed by atoms with van der Waals surface area (Å²) in [4.78, 5) is 14.6. The predicted molar refractivity (Wildman–Crippen MR) is 57.8 cm³/mol. The number of nitrogens with two attached hydrogens (primary N) is 1. The standard InChI is InChI=1S/C10H11ClF2N2O2/c1-17-8(16)3-5-2-7(11)15-9(10(12)13)6(5)4-14/h2,10H,3-4,14H2,1H3. The first-order valence-corrected chi connectivity index (χ1v) is 5.10. The van der Waals surface area contributed by atoms with Crippen LogP contribution in [0, 0.1) is 0 Å². The van der Waals surface area contributed by atoms with Crippen LogP contribution in [-0.2, 0) is 22.5 Å². The summed E-state index contributed by atoms with van der Waals surface area (Å²) in [7, 11) is 1.21. The molecule has 0 bridgehead atoms. The summed E-state index contributed by atoms with van der Waals surface area (Å²) in [6.07, 6.45) is -2.95. The van der Waals surface area contributed by atoms with Crippen LogP contribution in [0.1, 0.15) is 23.2 Å². The summed E-state index contributed by atoms with van der Waals surface area (Å²) < 4.78 is 29.9. The van der Waals surface area contributed by atoms with E-state index in [1.807, 2.05) is 0 Å². The largest absolute Gasteiger partial charge is 0.469 e. The highest BCUT2D eigenvalue weighted by Gasteiger charge is 2.20. The van der Waals surface area contributed by atoms with E-state index >= 15 is 0 Å². The molecule has 1 aromatic rings. The average Bonchev–Trinajstić information content (AvgIpc) is 2.28. The number of halogens is 3. The van der Waals surface area contributed by atoms with Gasteiger partial charge in [-0.25, -0.2) is 13.8 Å². The normalized spacial score (nSPS) is 10.7. The van der Waals surface area contributed by atoms with Gasteiger partial charge in [-0.3, -0.25) is 4.79 Å². The van der Waals surface area contributed by atoms with Crippen molar-refractivity contribution in [3.8, 4) is 0 Å². The van der Waals surface area contributed by atoms with E-state index in [0.29, 0.717) is 5.56 Å². The molecule has 0 saturated carbocycles. The zero-order chi connectivity index (χ0) is 13.0. The van der Waals surface area contributed by atoms with Crippen molar-refractivity contribution < 1.29 is 18.3 Å². The van der Waals surface area contributed by atoms with Gasteiger partial charge in [-0.2, -0.15) is 0 Å².